The summed E-state index contributed by atoms with van der Waals surface area (Å²) < 4.78 is 13.6. The highest BCUT2D eigenvalue weighted by molar-refractivity contribution is 6.38. The molecular weight excluding hydrogens is 822 g/mol. The van der Waals surface area contributed by atoms with Crippen LogP contribution in [0.2, 0.25) is 0 Å². The molecule has 2 heterocycles. The molecule has 1 aliphatic heterocycles. The standard InChI is InChI=1S/C42H52FN11O9/c1-6-10-29(36(57)40(61)47-21-33(56)52-35(41(62)53(4)5)25-13-15-26(43)16-14-25)49-37(58)28-22-54(42(63)48-27-11-8-7-9-12-27)23-31(28)50-39(60)34(24(2)3)51-32(55)20-46-38(59)30-19-44-17-18-45-30/h7-9,11-19,24,28-29,31,34-35H,6,10,20-23H2,1-5H3,(H,46,59)(H,47,61)(H,48,63)(H,49,58)(H,50,60)(H,51,55)(H,52,56)/t28-,29+,31+,34+,35?/m1/s1. The van der Waals surface area contributed by atoms with Crippen LogP contribution in [0.1, 0.15) is 55.7 Å². The van der Waals surface area contributed by atoms with Crippen molar-refractivity contribution in [3.63, 3.8) is 0 Å². The number of nitrogens with zero attached hydrogens (tertiary/aromatic N) is 4. The average molecular weight is 874 g/mol. The molecule has 0 bridgehead atoms. The number of anilines is 1. The van der Waals surface area contributed by atoms with E-state index in [9.17, 15) is 47.5 Å². The van der Waals surface area contributed by atoms with Gasteiger partial charge in [0.15, 0.2) is 0 Å². The number of hydrogen-bond donors (Lipinski definition) is 7. The van der Waals surface area contributed by atoms with E-state index in [1.807, 2.05) is 0 Å². The number of rotatable bonds is 19. The molecule has 4 rings (SSSR count). The fourth-order valence-electron chi connectivity index (χ4n) is 6.46. The summed E-state index contributed by atoms with van der Waals surface area (Å²) in [7, 11) is 2.92. The predicted molar refractivity (Wildman–Crippen MR) is 224 cm³/mol. The molecule has 1 unspecified atom stereocenters. The maximum absolute atomic E-state index is 14.0. The van der Waals surface area contributed by atoms with E-state index in [0.29, 0.717) is 12.1 Å². The Labute approximate surface area is 362 Å². The zero-order valence-electron chi connectivity index (χ0n) is 35.5. The molecule has 20 nitrogen and oxygen atoms in total. The van der Waals surface area contributed by atoms with Gasteiger partial charge in [-0.05, 0) is 42.2 Å². The van der Waals surface area contributed by atoms with Crippen molar-refractivity contribution in [3.05, 3.63) is 90.3 Å². The summed E-state index contributed by atoms with van der Waals surface area (Å²) in [5.41, 5.74) is 0.723. The van der Waals surface area contributed by atoms with Gasteiger partial charge in [-0.2, -0.15) is 0 Å². The van der Waals surface area contributed by atoms with Gasteiger partial charge in [0.1, 0.15) is 23.6 Å². The van der Waals surface area contributed by atoms with Gasteiger partial charge in [-0.1, -0.05) is 57.5 Å². The molecule has 1 aliphatic rings. The summed E-state index contributed by atoms with van der Waals surface area (Å²) in [5, 5.41) is 17.8. The lowest BCUT2D eigenvalue weighted by atomic mass is 9.98. The number of carbonyl (C=O) groups excluding carboxylic acids is 9. The Bertz CT molecular complexity index is 2130. The van der Waals surface area contributed by atoms with Crippen LogP contribution in [-0.2, 0) is 33.6 Å². The maximum Gasteiger partial charge on any atom is 0.321 e. The summed E-state index contributed by atoms with van der Waals surface area (Å²) in [4.78, 5) is 129. The fourth-order valence-corrected chi connectivity index (χ4v) is 6.46. The molecule has 0 saturated carbocycles. The Hall–Kier alpha value is -7.32. The number of aromatic nitrogens is 2. The van der Waals surface area contributed by atoms with Crippen molar-refractivity contribution in [1.82, 2.24) is 51.7 Å². The number of nitrogens with one attached hydrogen (secondary N) is 7. The molecule has 0 aliphatic carbocycles. The molecule has 21 heteroatoms. The number of likely N-dealkylation sites (N-methyl/N-ethyl adjacent to an activating group) is 1. The van der Waals surface area contributed by atoms with Gasteiger partial charge < -0.3 is 47.0 Å². The molecule has 1 saturated heterocycles. The molecule has 1 aromatic heterocycles. The summed E-state index contributed by atoms with van der Waals surface area (Å²) in [6, 6.07) is 8.02. The summed E-state index contributed by atoms with van der Waals surface area (Å²) in [6.45, 7) is 3.46. The number of halogens is 1. The second-order valence-corrected chi connectivity index (χ2v) is 15.2. The SMILES string of the molecule is CCC[C@H](NC(=O)[C@@H]1CN(C(=O)Nc2ccccc2)C[C@@H]1NC(=O)[C@@H](NC(=O)CNC(=O)c1cnccn1)C(C)C)C(=O)C(=O)NCC(=O)NC(C(=O)N(C)C)c1ccc(F)cc1. The maximum atomic E-state index is 14.0. The van der Waals surface area contributed by atoms with E-state index in [4.69, 9.17) is 0 Å². The van der Waals surface area contributed by atoms with Crippen LogP contribution in [0.5, 0.6) is 0 Å². The van der Waals surface area contributed by atoms with E-state index in [2.05, 4.69) is 47.2 Å². The molecule has 63 heavy (non-hydrogen) atoms. The molecule has 0 spiro atoms. The first kappa shape index (κ1) is 48.3. The number of likely N-dealkylation sites (tertiary alicyclic amines) is 1. The number of para-hydroxylation sites is 1. The van der Waals surface area contributed by atoms with Crippen molar-refractivity contribution in [3.8, 4) is 0 Å². The highest BCUT2D eigenvalue weighted by Crippen LogP contribution is 2.21. The van der Waals surface area contributed by atoms with Crippen LogP contribution in [0.3, 0.4) is 0 Å². The summed E-state index contributed by atoms with van der Waals surface area (Å²) >= 11 is 0. The summed E-state index contributed by atoms with van der Waals surface area (Å²) in [5.74, 6) is -8.66. The predicted octanol–water partition coefficient (Wildman–Crippen LogP) is 0.0509. The lowest BCUT2D eigenvalue weighted by molar-refractivity contribution is -0.141. The van der Waals surface area contributed by atoms with E-state index >= 15 is 0 Å². The van der Waals surface area contributed by atoms with E-state index in [1.54, 1.807) is 51.1 Å². The number of urea groups is 1. The number of Topliss-reactive ketones (excluding diaryl/α,β-unsaturated/α-hetero) is 1. The van der Waals surface area contributed by atoms with E-state index < -0.39 is 108 Å². The van der Waals surface area contributed by atoms with Crippen LogP contribution in [-0.4, -0.2) is 131 Å². The number of hydrogen-bond acceptors (Lipinski definition) is 11. The molecule has 0 radical (unpaired) electrons. The third-order valence-electron chi connectivity index (χ3n) is 9.81. The first-order valence-electron chi connectivity index (χ1n) is 20.1. The zero-order valence-corrected chi connectivity index (χ0v) is 35.5. The van der Waals surface area contributed by atoms with Crippen molar-refractivity contribution in [2.75, 3.05) is 45.6 Å². The van der Waals surface area contributed by atoms with Crippen LogP contribution in [0.25, 0.3) is 0 Å². The fraction of sp³-hybridized carbons (Fsp3) is 0.405. The normalized spacial score (nSPS) is 15.8. The van der Waals surface area contributed by atoms with Gasteiger partial charge >= 0.3 is 6.03 Å². The largest absolute Gasteiger partial charge is 0.349 e. The van der Waals surface area contributed by atoms with Gasteiger partial charge in [-0.15, -0.1) is 0 Å². The zero-order chi connectivity index (χ0) is 46.2. The second-order valence-electron chi connectivity index (χ2n) is 15.2. The van der Waals surface area contributed by atoms with Gasteiger partial charge in [0.05, 0.1) is 37.3 Å². The molecular formula is C42H52FN11O9. The highest BCUT2D eigenvalue weighted by atomic mass is 19.1. The molecule has 2 aromatic carbocycles. The first-order chi connectivity index (χ1) is 30.0. The van der Waals surface area contributed by atoms with Gasteiger partial charge in [-0.3, -0.25) is 43.3 Å². The first-order valence-corrected chi connectivity index (χ1v) is 20.1. The third-order valence-corrected chi connectivity index (χ3v) is 9.81. The Balaban J connectivity index is 1.45. The van der Waals surface area contributed by atoms with Crippen molar-refractivity contribution in [2.24, 2.45) is 11.8 Å². The average Bonchev–Trinajstić information content (AvgIpc) is 3.69. The van der Waals surface area contributed by atoms with Crippen LogP contribution >= 0.6 is 0 Å². The van der Waals surface area contributed by atoms with Crippen LogP contribution in [0.15, 0.2) is 73.2 Å². The quantitative estimate of drug-likeness (QED) is 0.0792. The molecule has 336 valence electrons. The minimum absolute atomic E-state index is 0.00492. The number of amides is 9. The highest BCUT2D eigenvalue weighted by Gasteiger charge is 2.43. The third kappa shape index (κ3) is 14.1. The number of carbonyl (C=O) groups is 9. The van der Waals surface area contributed by atoms with Crippen LogP contribution in [0.4, 0.5) is 14.9 Å². The van der Waals surface area contributed by atoms with Gasteiger partial charge in [-0.25, -0.2) is 14.2 Å². The lowest BCUT2D eigenvalue weighted by Gasteiger charge is -2.26. The van der Waals surface area contributed by atoms with E-state index in [1.165, 1.54) is 54.6 Å². The van der Waals surface area contributed by atoms with Crippen molar-refractivity contribution >= 4 is 58.9 Å². The van der Waals surface area contributed by atoms with Crippen LogP contribution in [0, 0.1) is 17.7 Å². The van der Waals surface area contributed by atoms with E-state index in [-0.39, 0.29) is 30.8 Å². The Morgan fingerprint density at radius 3 is 2.13 bits per heavy atom. The van der Waals surface area contributed by atoms with Crippen molar-refractivity contribution in [1.29, 1.82) is 0 Å². The second kappa shape index (κ2) is 23.0. The monoisotopic (exact) mass is 873 g/mol. The van der Waals surface area contributed by atoms with E-state index in [0.717, 1.165) is 12.1 Å². The Morgan fingerprint density at radius 2 is 1.51 bits per heavy atom. The lowest BCUT2D eigenvalue weighted by Crippen LogP contribution is -2.57. The topological polar surface area (TPSA) is 270 Å². The molecule has 7 N–H and O–H groups in total. The Morgan fingerprint density at radius 1 is 0.841 bits per heavy atom. The van der Waals surface area contributed by atoms with Crippen molar-refractivity contribution in [2.45, 2.75) is 57.8 Å². The number of benzene rings is 2. The van der Waals surface area contributed by atoms with Gasteiger partial charge in [0.25, 0.3) is 11.8 Å². The Kier molecular flexibility index (Phi) is 17.7. The van der Waals surface area contributed by atoms with Gasteiger partial charge in [0, 0.05) is 45.3 Å². The van der Waals surface area contributed by atoms with Crippen molar-refractivity contribution < 1.29 is 47.5 Å². The molecule has 1 fully saturated rings. The smallest absolute Gasteiger partial charge is 0.321 e. The minimum atomic E-state index is -1.38. The summed E-state index contributed by atoms with van der Waals surface area (Å²) in [6.07, 6.45) is 4.25. The molecule has 5 atom stereocenters. The molecule has 9 amide bonds. The number of ketones is 1. The minimum Gasteiger partial charge on any atom is -0.349 e. The van der Waals surface area contributed by atoms with Gasteiger partial charge in [0.2, 0.25) is 35.3 Å². The molecule has 3 aromatic rings. The van der Waals surface area contributed by atoms with Crippen LogP contribution < -0.4 is 37.2 Å².